The van der Waals surface area contributed by atoms with E-state index in [1.165, 1.54) is 12.1 Å². The number of nitrogens with one attached hydrogen (secondary N) is 1. The number of ether oxygens (including phenoxy) is 2. The van der Waals surface area contributed by atoms with Crippen LogP contribution in [0.25, 0.3) is 0 Å². The van der Waals surface area contributed by atoms with Crippen molar-refractivity contribution in [2.45, 2.75) is 39.2 Å². The molecule has 2 amide bonds. The first-order valence-electron chi connectivity index (χ1n) is 7.16. The third-order valence-electron chi connectivity index (χ3n) is 3.27. The lowest BCUT2D eigenvalue weighted by atomic mass is 10.2. The van der Waals surface area contributed by atoms with Gasteiger partial charge in [0.05, 0.1) is 12.2 Å². The lowest BCUT2D eigenvalue weighted by Crippen LogP contribution is -2.51. The lowest BCUT2D eigenvalue weighted by molar-refractivity contribution is -0.0545. The molecule has 1 heterocycles. The summed E-state index contributed by atoms with van der Waals surface area (Å²) >= 11 is 0. The molecule has 1 aromatic rings. The highest BCUT2D eigenvalue weighted by Gasteiger charge is 2.25. The highest BCUT2D eigenvalue weighted by atomic mass is 19.3. The van der Waals surface area contributed by atoms with Crippen molar-refractivity contribution in [1.82, 2.24) is 10.2 Å². The number of alkyl halides is 2. The molecule has 22 heavy (non-hydrogen) atoms. The molecule has 1 aliphatic rings. The van der Waals surface area contributed by atoms with E-state index in [1.807, 2.05) is 13.8 Å². The minimum Gasteiger partial charge on any atom is -0.435 e. The number of amides is 2. The molecule has 1 N–H and O–H groups in total. The van der Waals surface area contributed by atoms with Crippen LogP contribution in [0.15, 0.2) is 24.3 Å². The monoisotopic (exact) mass is 314 g/mol. The number of benzene rings is 1. The molecular weight excluding hydrogens is 294 g/mol. The fourth-order valence-electron chi connectivity index (χ4n) is 2.46. The number of carbonyl (C=O) groups is 1. The van der Waals surface area contributed by atoms with E-state index in [2.05, 4.69) is 10.1 Å². The van der Waals surface area contributed by atoms with Crippen molar-refractivity contribution >= 4 is 6.03 Å². The minimum atomic E-state index is -2.86. The van der Waals surface area contributed by atoms with Crippen molar-refractivity contribution in [3.63, 3.8) is 0 Å². The van der Waals surface area contributed by atoms with Crippen LogP contribution in [0.4, 0.5) is 13.6 Å². The fraction of sp³-hybridized carbons (Fsp3) is 0.533. The molecule has 0 spiro atoms. The molecule has 1 aliphatic heterocycles. The summed E-state index contributed by atoms with van der Waals surface area (Å²) in [4.78, 5) is 13.8. The number of urea groups is 1. The average molecular weight is 314 g/mol. The molecule has 2 rings (SSSR count). The number of carbonyl (C=O) groups excluding carboxylic acids is 1. The number of rotatable bonds is 4. The largest absolute Gasteiger partial charge is 0.435 e. The van der Waals surface area contributed by atoms with E-state index >= 15 is 0 Å². The van der Waals surface area contributed by atoms with Gasteiger partial charge in [-0.05, 0) is 31.5 Å². The molecule has 122 valence electrons. The summed E-state index contributed by atoms with van der Waals surface area (Å²) in [5, 5.41) is 2.78. The van der Waals surface area contributed by atoms with Gasteiger partial charge in [-0.3, -0.25) is 0 Å². The summed E-state index contributed by atoms with van der Waals surface area (Å²) in [5.74, 6) is 0.0790. The van der Waals surface area contributed by atoms with Gasteiger partial charge < -0.3 is 19.7 Å². The van der Waals surface area contributed by atoms with Crippen LogP contribution in [0, 0.1) is 0 Å². The Morgan fingerprint density at radius 2 is 2.09 bits per heavy atom. The fourth-order valence-corrected chi connectivity index (χ4v) is 2.46. The number of halogens is 2. The summed E-state index contributed by atoms with van der Waals surface area (Å²) in [6, 6.07) is 6.09. The molecule has 1 fully saturated rings. The van der Waals surface area contributed by atoms with Gasteiger partial charge in [0.15, 0.2) is 0 Å². The molecule has 5 nitrogen and oxygen atoms in total. The molecule has 0 unspecified atom stereocenters. The maximum absolute atomic E-state index is 12.2. The first-order valence-corrected chi connectivity index (χ1v) is 7.16. The molecule has 0 aromatic heterocycles. The number of hydrogen-bond acceptors (Lipinski definition) is 3. The van der Waals surface area contributed by atoms with Gasteiger partial charge in [0.1, 0.15) is 5.75 Å². The summed E-state index contributed by atoms with van der Waals surface area (Å²) < 4.78 is 34.2. The third-order valence-corrected chi connectivity index (χ3v) is 3.27. The second-order valence-electron chi connectivity index (χ2n) is 5.35. The van der Waals surface area contributed by atoms with Crippen LogP contribution in [0.5, 0.6) is 5.75 Å². The van der Waals surface area contributed by atoms with E-state index in [4.69, 9.17) is 4.74 Å². The van der Waals surface area contributed by atoms with Gasteiger partial charge in [-0.1, -0.05) is 12.1 Å². The molecule has 1 saturated heterocycles. The average Bonchev–Trinajstić information content (AvgIpc) is 2.43. The van der Waals surface area contributed by atoms with Gasteiger partial charge in [-0.15, -0.1) is 0 Å². The molecule has 7 heteroatoms. The molecular formula is C15H20F2N2O3. The van der Waals surface area contributed by atoms with Gasteiger partial charge in [0, 0.05) is 19.6 Å². The molecule has 2 atom stereocenters. The Kier molecular flexibility index (Phi) is 5.54. The number of nitrogens with zero attached hydrogens (tertiary/aromatic N) is 1. The summed E-state index contributed by atoms with van der Waals surface area (Å²) in [5.41, 5.74) is 0.695. The Labute approximate surface area is 128 Å². The maximum atomic E-state index is 12.2. The van der Waals surface area contributed by atoms with Gasteiger partial charge >= 0.3 is 12.6 Å². The zero-order chi connectivity index (χ0) is 16.1. The number of hydrogen-bond donors (Lipinski definition) is 1. The Bertz CT molecular complexity index is 503. The predicted molar refractivity (Wildman–Crippen MR) is 76.9 cm³/mol. The second kappa shape index (κ2) is 7.40. The Morgan fingerprint density at radius 3 is 2.73 bits per heavy atom. The van der Waals surface area contributed by atoms with E-state index < -0.39 is 6.61 Å². The van der Waals surface area contributed by atoms with E-state index in [0.717, 1.165) is 0 Å². The molecule has 1 aromatic carbocycles. The third kappa shape index (κ3) is 4.84. The van der Waals surface area contributed by atoms with Crippen LogP contribution in [0.2, 0.25) is 0 Å². The van der Waals surface area contributed by atoms with Gasteiger partial charge in [0.2, 0.25) is 0 Å². The quantitative estimate of drug-likeness (QED) is 0.929. The Hall–Kier alpha value is -1.89. The van der Waals surface area contributed by atoms with Crippen molar-refractivity contribution < 1.29 is 23.0 Å². The minimum absolute atomic E-state index is 0.00253. The van der Waals surface area contributed by atoms with Gasteiger partial charge in [-0.25, -0.2) is 4.79 Å². The standard InChI is InChI=1S/C15H20F2N2O3/c1-10-8-19(9-11(2)21-10)15(20)18-7-12-4-3-5-13(6-12)22-14(16)17/h3-6,10-11,14H,7-9H2,1-2H3,(H,18,20)/t10-,11+. The highest BCUT2D eigenvalue weighted by Crippen LogP contribution is 2.16. The first-order chi connectivity index (χ1) is 10.4. The van der Waals surface area contributed by atoms with Crippen LogP contribution in [-0.2, 0) is 11.3 Å². The number of morpholine rings is 1. The van der Waals surface area contributed by atoms with Crippen LogP contribution in [0.1, 0.15) is 19.4 Å². The summed E-state index contributed by atoms with van der Waals surface area (Å²) in [6.45, 7) is 2.29. The zero-order valence-corrected chi connectivity index (χ0v) is 12.6. The lowest BCUT2D eigenvalue weighted by Gasteiger charge is -2.35. The molecule has 0 radical (unpaired) electrons. The van der Waals surface area contributed by atoms with Crippen molar-refractivity contribution in [2.24, 2.45) is 0 Å². The normalized spacial score (nSPS) is 21.8. The maximum Gasteiger partial charge on any atom is 0.387 e. The highest BCUT2D eigenvalue weighted by molar-refractivity contribution is 5.74. The van der Waals surface area contributed by atoms with Crippen LogP contribution >= 0.6 is 0 Å². The first kappa shape index (κ1) is 16.5. The summed E-state index contributed by atoms with van der Waals surface area (Å²) in [6.07, 6.45) is -0.00506. The van der Waals surface area contributed by atoms with Crippen molar-refractivity contribution in [3.05, 3.63) is 29.8 Å². The van der Waals surface area contributed by atoms with Crippen LogP contribution in [0.3, 0.4) is 0 Å². The topological polar surface area (TPSA) is 50.8 Å². The molecule has 0 aliphatic carbocycles. The van der Waals surface area contributed by atoms with Crippen LogP contribution < -0.4 is 10.1 Å². The Balaban J connectivity index is 1.88. The smallest absolute Gasteiger partial charge is 0.387 e. The molecule has 0 saturated carbocycles. The summed E-state index contributed by atoms with van der Waals surface area (Å²) in [7, 11) is 0. The van der Waals surface area contributed by atoms with Gasteiger partial charge in [-0.2, -0.15) is 8.78 Å². The van der Waals surface area contributed by atoms with E-state index in [9.17, 15) is 13.6 Å². The van der Waals surface area contributed by atoms with Gasteiger partial charge in [0.25, 0.3) is 0 Å². The van der Waals surface area contributed by atoms with Crippen molar-refractivity contribution in [2.75, 3.05) is 13.1 Å². The van der Waals surface area contributed by atoms with Crippen LogP contribution in [-0.4, -0.2) is 42.8 Å². The second-order valence-corrected chi connectivity index (χ2v) is 5.35. The predicted octanol–water partition coefficient (Wildman–Crippen LogP) is 2.61. The van der Waals surface area contributed by atoms with E-state index in [1.54, 1.807) is 17.0 Å². The van der Waals surface area contributed by atoms with Crippen molar-refractivity contribution in [3.8, 4) is 5.75 Å². The molecule has 0 bridgehead atoms. The van der Waals surface area contributed by atoms with Crippen molar-refractivity contribution in [1.29, 1.82) is 0 Å². The van der Waals surface area contributed by atoms with E-state index in [-0.39, 0.29) is 30.5 Å². The van der Waals surface area contributed by atoms with E-state index in [0.29, 0.717) is 18.7 Å². The SMILES string of the molecule is C[C@@H]1CN(C(=O)NCc2cccc(OC(F)F)c2)C[C@H](C)O1. The Morgan fingerprint density at radius 1 is 1.41 bits per heavy atom. The zero-order valence-electron chi connectivity index (χ0n) is 12.6.